The molecule has 0 aliphatic rings. The van der Waals surface area contributed by atoms with E-state index in [2.05, 4.69) is 34.4 Å². The normalized spacial score (nSPS) is 11.5. The summed E-state index contributed by atoms with van der Waals surface area (Å²) >= 11 is 3.20. The second-order valence-electron chi connectivity index (χ2n) is 5.33. The number of hydrogen-bond donors (Lipinski definition) is 0. The Bertz CT molecular complexity index is 732. The zero-order valence-electron chi connectivity index (χ0n) is 12.7. The van der Waals surface area contributed by atoms with Crippen molar-refractivity contribution < 1.29 is 4.42 Å². The molecule has 0 N–H and O–H groups in total. The van der Waals surface area contributed by atoms with E-state index in [4.69, 9.17) is 4.42 Å². The molecule has 0 amide bonds. The summed E-state index contributed by atoms with van der Waals surface area (Å²) in [6, 6.07) is 4.00. The smallest absolute Gasteiger partial charge is 0.236 e. The zero-order valence-corrected chi connectivity index (χ0v) is 14.3. The van der Waals surface area contributed by atoms with Gasteiger partial charge in [0.05, 0.1) is 10.6 Å². The molecular formula is C14H17N5OS2. The average molecular weight is 335 g/mol. The molecule has 0 aromatic carbocycles. The molecule has 0 fully saturated rings. The first kappa shape index (κ1) is 15.2. The van der Waals surface area contributed by atoms with Crippen molar-refractivity contribution >= 4 is 23.1 Å². The third kappa shape index (κ3) is 3.38. The standard InChI is InChI=1S/C14H17N5OS2/c1-9(2)7-19-14(16-17-18-19)22-8-11-10(3)20-13(15-11)12-5-4-6-21-12/h4-6,9H,7-8H2,1-3H3. The predicted octanol–water partition coefficient (Wildman–Crippen LogP) is 3.65. The van der Waals surface area contributed by atoms with Crippen LogP contribution < -0.4 is 0 Å². The van der Waals surface area contributed by atoms with Crippen LogP contribution in [-0.4, -0.2) is 25.2 Å². The summed E-state index contributed by atoms with van der Waals surface area (Å²) in [5.41, 5.74) is 0.937. The number of oxazole rings is 1. The van der Waals surface area contributed by atoms with E-state index < -0.39 is 0 Å². The van der Waals surface area contributed by atoms with Crippen LogP contribution in [0.5, 0.6) is 0 Å². The maximum absolute atomic E-state index is 5.75. The van der Waals surface area contributed by atoms with E-state index in [1.807, 2.05) is 29.1 Å². The minimum absolute atomic E-state index is 0.502. The molecule has 0 unspecified atom stereocenters. The highest BCUT2D eigenvalue weighted by Gasteiger charge is 2.15. The van der Waals surface area contributed by atoms with E-state index in [-0.39, 0.29) is 0 Å². The highest BCUT2D eigenvalue weighted by molar-refractivity contribution is 7.98. The molecule has 3 heterocycles. The van der Waals surface area contributed by atoms with Crippen LogP contribution in [0.1, 0.15) is 25.3 Å². The van der Waals surface area contributed by atoms with Crippen molar-refractivity contribution in [2.75, 3.05) is 0 Å². The maximum Gasteiger partial charge on any atom is 0.236 e. The van der Waals surface area contributed by atoms with Crippen LogP contribution in [0.3, 0.4) is 0 Å². The van der Waals surface area contributed by atoms with Gasteiger partial charge in [0.15, 0.2) is 0 Å². The van der Waals surface area contributed by atoms with Gasteiger partial charge in [-0.25, -0.2) is 9.67 Å². The molecule has 8 heteroatoms. The van der Waals surface area contributed by atoms with Crippen molar-refractivity contribution in [2.24, 2.45) is 5.92 Å². The Morgan fingerprint density at radius 2 is 2.27 bits per heavy atom. The van der Waals surface area contributed by atoms with Crippen LogP contribution >= 0.6 is 23.1 Å². The number of thiophene rings is 1. The lowest BCUT2D eigenvalue weighted by Gasteiger charge is -2.05. The van der Waals surface area contributed by atoms with Gasteiger partial charge in [0.1, 0.15) is 5.76 Å². The second kappa shape index (κ2) is 6.62. The zero-order chi connectivity index (χ0) is 15.5. The molecule has 22 heavy (non-hydrogen) atoms. The van der Waals surface area contributed by atoms with Crippen LogP contribution in [0.25, 0.3) is 10.8 Å². The number of thioether (sulfide) groups is 1. The van der Waals surface area contributed by atoms with Gasteiger partial charge in [-0.15, -0.1) is 16.4 Å². The molecule has 0 aliphatic heterocycles. The fourth-order valence-corrected chi connectivity index (χ4v) is 3.50. The van der Waals surface area contributed by atoms with E-state index in [0.29, 0.717) is 17.6 Å². The van der Waals surface area contributed by atoms with Crippen molar-refractivity contribution in [2.45, 2.75) is 38.2 Å². The molecule has 0 radical (unpaired) electrons. The second-order valence-corrected chi connectivity index (χ2v) is 7.22. The Morgan fingerprint density at radius 3 is 3.00 bits per heavy atom. The summed E-state index contributed by atoms with van der Waals surface area (Å²) in [4.78, 5) is 5.63. The van der Waals surface area contributed by atoms with E-state index >= 15 is 0 Å². The minimum Gasteiger partial charge on any atom is -0.440 e. The van der Waals surface area contributed by atoms with Gasteiger partial charge in [0.25, 0.3) is 0 Å². The fraction of sp³-hybridized carbons (Fsp3) is 0.429. The van der Waals surface area contributed by atoms with Gasteiger partial charge >= 0.3 is 0 Å². The first-order chi connectivity index (χ1) is 10.6. The fourth-order valence-electron chi connectivity index (χ4n) is 1.96. The molecule has 0 bridgehead atoms. The van der Waals surface area contributed by atoms with Gasteiger partial charge in [-0.05, 0) is 34.7 Å². The largest absolute Gasteiger partial charge is 0.440 e. The number of hydrogen-bond acceptors (Lipinski definition) is 7. The molecule has 0 spiro atoms. The quantitative estimate of drug-likeness (QED) is 0.641. The third-order valence-electron chi connectivity index (χ3n) is 3.00. The lowest BCUT2D eigenvalue weighted by atomic mass is 10.2. The Morgan fingerprint density at radius 1 is 1.41 bits per heavy atom. The van der Waals surface area contributed by atoms with Gasteiger partial charge in [-0.2, -0.15) is 0 Å². The molecule has 3 aromatic heterocycles. The molecule has 0 aliphatic carbocycles. The molecule has 6 nitrogen and oxygen atoms in total. The van der Waals surface area contributed by atoms with Crippen LogP contribution in [0.2, 0.25) is 0 Å². The van der Waals surface area contributed by atoms with E-state index in [1.54, 1.807) is 23.1 Å². The van der Waals surface area contributed by atoms with Crippen molar-refractivity contribution in [3.63, 3.8) is 0 Å². The SMILES string of the molecule is Cc1oc(-c2cccs2)nc1CSc1nnnn1CC(C)C. The molecular weight excluding hydrogens is 318 g/mol. The van der Waals surface area contributed by atoms with Crippen molar-refractivity contribution in [1.82, 2.24) is 25.2 Å². The molecule has 0 saturated carbocycles. The van der Waals surface area contributed by atoms with E-state index in [0.717, 1.165) is 28.0 Å². The summed E-state index contributed by atoms with van der Waals surface area (Å²) in [7, 11) is 0. The Kier molecular flexibility index (Phi) is 4.58. The van der Waals surface area contributed by atoms with Crippen molar-refractivity contribution in [3.05, 3.63) is 29.0 Å². The average Bonchev–Trinajstić information content (AvgIpc) is 3.17. The summed E-state index contributed by atoms with van der Waals surface area (Å²) in [6.07, 6.45) is 0. The summed E-state index contributed by atoms with van der Waals surface area (Å²) in [6.45, 7) is 7.04. The van der Waals surface area contributed by atoms with Crippen molar-refractivity contribution in [1.29, 1.82) is 0 Å². The summed E-state index contributed by atoms with van der Waals surface area (Å²) in [5.74, 6) is 2.73. The first-order valence-electron chi connectivity index (χ1n) is 7.02. The van der Waals surface area contributed by atoms with E-state index in [1.165, 1.54) is 0 Å². The lowest BCUT2D eigenvalue weighted by molar-refractivity contribution is 0.445. The van der Waals surface area contributed by atoms with Gasteiger partial charge in [-0.3, -0.25) is 0 Å². The molecule has 0 atom stereocenters. The van der Waals surface area contributed by atoms with Gasteiger partial charge in [0.2, 0.25) is 11.0 Å². The minimum atomic E-state index is 0.502. The first-order valence-corrected chi connectivity index (χ1v) is 8.89. The van der Waals surface area contributed by atoms with Gasteiger partial charge in [0, 0.05) is 12.3 Å². The number of aryl methyl sites for hydroxylation is 1. The van der Waals surface area contributed by atoms with Gasteiger partial charge in [-0.1, -0.05) is 31.7 Å². The highest BCUT2D eigenvalue weighted by atomic mass is 32.2. The molecule has 3 aromatic rings. The monoisotopic (exact) mass is 335 g/mol. The predicted molar refractivity (Wildman–Crippen MR) is 86.8 cm³/mol. The van der Waals surface area contributed by atoms with Crippen LogP contribution in [0.15, 0.2) is 27.1 Å². The van der Waals surface area contributed by atoms with Crippen LogP contribution in [-0.2, 0) is 12.3 Å². The third-order valence-corrected chi connectivity index (χ3v) is 4.83. The number of rotatable bonds is 6. The molecule has 3 rings (SSSR count). The topological polar surface area (TPSA) is 69.6 Å². The lowest BCUT2D eigenvalue weighted by Crippen LogP contribution is -2.07. The Labute approximate surface area is 136 Å². The summed E-state index contributed by atoms with van der Waals surface area (Å²) in [5, 5.41) is 14.7. The van der Waals surface area contributed by atoms with Crippen LogP contribution in [0.4, 0.5) is 0 Å². The van der Waals surface area contributed by atoms with E-state index in [9.17, 15) is 0 Å². The number of nitrogens with zero attached hydrogens (tertiary/aromatic N) is 5. The number of tetrazole rings is 1. The van der Waals surface area contributed by atoms with Crippen molar-refractivity contribution in [3.8, 4) is 10.8 Å². The highest BCUT2D eigenvalue weighted by Crippen LogP contribution is 2.28. The van der Waals surface area contributed by atoms with Crippen LogP contribution in [0, 0.1) is 12.8 Å². The van der Waals surface area contributed by atoms with Gasteiger partial charge < -0.3 is 4.42 Å². The molecule has 0 saturated heterocycles. The Hall–Kier alpha value is -1.67. The number of aromatic nitrogens is 5. The molecule has 116 valence electrons. The summed E-state index contributed by atoms with van der Waals surface area (Å²) < 4.78 is 7.59. The maximum atomic E-state index is 5.75. The Balaban J connectivity index is 1.71.